The van der Waals surface area contributed by atoms with E-state index in [2.05, 4.69) is 0 Å². The summed E-state index contributed by atoms with van der Waals surface area (Å²) in [6.45, 7) is 2.29. The Morgan fingerprint density at radius 1 is 1.31 bits per heavy atom. The molecule has 3 unspecified atom stereocenters. The van der Waals surface area contributed by atoms with Crippen LogP contribution in [0.3, 0.4) is 0 Å². The molecule has 0 aliphatic carbocycles. The molecule has 11 heteroatoms. The molecule has 0 saturated carbocycles. The van der Waals surface area contributed by atoms with Gasteiger partial charge in [0, 0.05) is 11.6 Å². The molecule has 29 heavy (non-hydrogen) atoms. The van der Waals surface area contributed by atoms with Gasteiger partial charge in [-0.25, -0.2) is 4.79 Å². The minimum absolute atomic E-state index is 0.0114. The van der Waals surface area contributed by atoms with Gasteiger partial charge in [-0.3, -0.25) is 4.79 Å². The first-order chi connectivity index (χ1) is 13.4. The van der Waals surface area contributed by atoms with Crippen LogP contribution in [0.1, 0.15) is 25.3 Å². The van der Waals surface area contributed by atoms with Crippen LogP contribution in [0.25, 0.3) is 0 Å². The van der Waals surface area contributed by atoms with Crippen LogP contribution in [0.2, 0.25) is 10.0 Å². The number of alkyl halides is 3. The first-order valence-corrected chi connectivity index (χ1v) is 9.13. The quantitative estimate of drug-likeness (QED) is 0.675. The highest BCUT2D eigenvalue weighted by atomic mass is 35.5. The van der Waals surface area contributed by atoms with Gasteiger partial charge in [0.15, 0.2) is 0 Å². The molecule has 0 fully saturated rings. The maximum atomic E-state index is 13.9. The maximum Gasteiger partial charge on any atom is 0.437 e. The maximum absolute atomic E-state index is 13.9. The Morgan fingerprint density at radius 2 is 1.93 bits per heavy atom. The molecular weight excluding hydrogens is 438 g/mol. The molecule has 6 nitrogen and oxygen atoms in total. The fraction of sp³-hybridized carbons (Fsp3) is 0.444. The van der Waals surface area contributed by atoms with Gasteiger partial charge in [-0.2, -0.15) is 13.2 Å². The van der Waals surface area contributed by atoms with Gasteiger partial charge in [0.05, 0.1) is 29.3 Å². The Balaban J connectivity index is 2.90. The largest absolute Gasteiger partial charge is 0.466 e. The number of hydrogen-bond acceptors (Lipinski definition) is 6. The van der Waals surface area contributed by atoms with Crippen molar-refractivity contribution in [3.63, 3.8) is 0 Å². The number of allylic oxidation sites excluding steroid dienone is 1. The van der Waals surface area contributed by atoms with Gasteiger partial charge in [0.2, 0.25) is 5.72 Å². The number of nitrogens with one attached hydrogen (secondary N) is 1. The zero-order valence-corrected chi connectivity index (χ0v) is 17.1. The summed E-state index contributed by atoms with van der Waals surface area (Å²) < 4.78 is 51.2. The summed E-state index contributed by atoms with van der Waals surface area (Å²) in [5, 5.41) is 12.3. The second-order valence-electron chi connectivity index (χ2n) is 6.27. The van der Waals surface area contributed by atoms with Crippen molar-refractivity contribution in [1.29, 1.82) is 0 Å². The molecule has 0 bridgehead atoms. The third-order valence-electron chi connectivity index (χ3n) is 4.57. The highest BCUT2D eigenvalue weighted by molar-refractivity contribution is 6.42. The number of carbonyl (C=O) groups excluding carboxylic acids is 2. The van der Waals surface area contributed by atoms with Crippen LogP contribution in [-0.4, -0.2) is 42.7 Å². The van der Waals surface area contributed by atoms with Gasteiger partial charge >= 0.3 is 18.1 Å². The fourth-order valence-corrected chi connectivity index (χ4v) is 3.77. The Morgan fingerprint density at radius 3 is 2.45 bits per heavy atom. The number of methoxy groups -OCH3 is 1. The lowest BCUT2D eigenvalue weighted by molar-refractivity contribution is -0.293. The molecule has 0 aromatic heterocycles. The second kappa shape index (κ2) is 8.41. The Kier molecular flexibility index (Phi) is 6.76. The van der Waals surface area contributed by atoms with Crippen molar-refractivity contribution >= 4 is 35.1 Å². The molecule has 0 radical (unpaired) electrons. The third kappa shape index (κ3) is 4.04. The molecule has 3 atom stereocenters. The number of hydrogen-bond donors (Lipinski definition) is 2. The summed E-state index contributed by atoms with van der Waals surface area (Å²) in [6, 6.07) is 4.09. The molecule has 1 aliphatic rings. The van der Waals surface area contributed by atoms with Crippen molar-refractivity contribution in [2.45, 2.75) is 31.7 Å². The zero-order chi connectivity index (χ0) is 22.1. The lowest BCUT2D eigenvalue weighted by Crippen LogP contribution is -2.67. The fourth-order valence-electron chi connectivity index (χ4n) is 3.34. The predicted molar refractivity (Wildman–Crippen MR) is 98.2 cm³/mol. The lowest BCUT2D eigenvalue weighted by Gasteiger charge is -2.45. The number of esters is 2. The van der Waals surface area contributed by atoms with Gasteiger partial charge < -0.3 is 19.9 Å². The van der Waals surface area contributed by atoms with E-state index in [0.717, 1.165) is 14.0 Å². The van der Waals surface area contributed by atoms with Gasteiger partial charge in [0.25, 0.3) is 0 Å². The number of carbonyl (C=O) groups is 2. The Hall–Kier alpha value is -1.97. The van der Waals surface area contributed by atoms with Gasteiger partial charge in [0.1, 0.15) is 5.92 Å². The molecule has 2 N–H and O–H groups in total. The number of halogens is 5. The summed E-state index contributed by atoms with van der Waals surface area (Å²) in [6.07, 6.45) is -5.31. The van der Waals surface area contributed by atoms with E-state index in [-0.39, 0.29) is 33.5 Å². The monoisotopic (exact) mass is 455 g/mol. The number of rotatable bonds is 4. The summed E-state index contributed by atoms with van der Waals surface area (Å²) in [4.78, 5) is 25.1. The molecule has 160 valence electrons. The van der Waals surface area contributed by atoms with Crippen LogP contribution < -0.4 is 5.32 Å². The van der Waals surface area contributed by atoms with E-state index in [1.807, 2.05) is 5.32 Å². The van der Waals surface area contributed by atoms with E-state index < -0.39 is 35.7 Å². The minimum atomic E-state index is -5.31. The first-order valence-electron chi connectivity index (χ1n) is 8.37. The molecule has 0 spiro atoms. The third-order valence-corrected chi connectivity index (χ3v) is 5.40. The second-order valence-corrected chi connectivity index (χ2v) is 7.05. The van der Waals surface area contributed by atoms with Crippen molar-refractivity contribution in [2.24, 2.45) is 5.92 Å². The molecular formula is C18H18Cl2F3NO5. The highest BCUT2D eigenvalue weighted by Gasteiger charge is 2.67. The average Bonchev–Trinajstić information content (AvgIpc) is 2.62. The van der Waals surface area contributed by atoms with Crippen LogP contribution >= 0.6 is 23.2 Å². The van der Waals surface area contributed by atoms with E-state index in [1.54, 1.807) is 0 Å². The molecule has 0 amide bonds. The average molecular weight is 456 g/mol. The lowest BCUT2D eigenvalue weighted by atomic mass is 9.71. The zero-order valence-electron chi connectivity index (χ0n) is 15.6. The smallest absolute Gasteiger partial charge is 0.437 e. The van der Waals surface area contributed by atoms with Crippen molar-refractivity contribution in [3.05, 3.63) is 45.1 Å². The van der Waals surface area contributed by atoms with Crippen LogP contribution in [0.5, 0.6) is 0 Å². The predicted octanol–water partition coefficient (Wildman–Crippen LogP) is 3.56. The normalized spacial score (nSPS) is 24.7. The summed E-state index contributed by atoms with van der Waals surface area (Å²) in [5.41, 5.74) is -4.46. The molecule has 1 aromatic rings. The molecule has 0 saturated heterocycles. The van der Waals surface area contributed by atoms with Crippen molar-refractivity contribution in [2.75, 3.05) is 13.7 Å². The van der Waals surface area contributed by atoms with Crippen LogP contribution in [0.4, 0.5) is 13.2 Å². The topological polar surface area (TPSA) is 84.9 Å². The Bertz CT molecular complexity index is 858. The van der Waals surface area contributed by atoms with Crippen molar-refractivity contribution in [3.8, 4) is 0 Å². The summed E-state index contributed by atoms with van der Waals surface area (Å²) >= 11 is 12.2. The van der Waals surface area contributed by atoms with E-state index >= 15 is 0 Å². The number of benzene rings is 1. The van der Waals surface area contributed by atoms with Crippen molar-refractivity contribution < 1.29 is 37.3 Å². The van der Waals surface area contributed by atoms with Crippen LogP contribution in [-0.2, 0) is 19.1 Å². The molecule has 1 heterocycles. The van der Waals surface area contributed by atoms with E-state index in [0.29, 0.717) is 0 Å². The molecule has 1 aromatic carbocycles. The van der Waals surface area contributed by atoms with Gasteiger partial charge in [-0.05, 0) is 25.5 Å². The van der Waals surface area contributed by atoms with E-state index in [4.69, 9.17) is 32.7 Å². The van der Waals surface area contributed by atoms with Gasteiger partial charge in [-0.15, -0.1) is 0 Å². The van der Waals surface area contributed by atoms with Crippen molar-refractivity contribution in [1.82, 2.24) is 5.32 Å². The minimum Gasteiger partial charge on any atom is -0.466 e. The summed E-state index contributed by atoms with van der Waals surface area (Å²) in [7, 11) is 1.03. The first kappa shape index (κ1) is 23.3. The molecule has 1 aliphatic heterocycles. The SMILES string of the molecule is CCOC(=O)C1C(c2cccc(Cl)c2Cl)C(C(=O)OC)=C(C)NC1(O)C(F)(F)F. The molecule has 2 rings (SSSR count). The van der Waals surface area contributed by atoms with Gasteiger partial charge in [-0.1, -0.05) is 35.3 Å². The summed E-state index contributed by atoms with van der Waals surface area (Å²) in [5.74, 6) is -6.35. The highest BCUT2D eigenvalue weighted by Crippen LogP contribution is 2.51. The van der Waals surface area contributed by atoms with E-state index in [1.165, 1.54) is 25.1 Å². The van der Waals surface area contributed by atoms with E-state index in [9.17, 15) is 27.9 Å². The number of aliphatic hydroxyl groups is 1. The standard InChI is InChI=1S/C18H18Cl2F3NO5/c1-4-29-16(26)13-12(9-6-5-7-10(19)14(9)20)11(15(25)28-3)8(2)24-17(13,27)18(21,22)23/h5-7,12-13,24,27H,4H2,1-3H3. The Labute approximate surface area is 174 Å². The van der Waals surface area contributed by atoms with Crippen LogP contribution in [0, 0.1) is 5.92 Å². The van der Waals surface area contributed by atoms with Crippen LogP contribution in [0.15, 0.2) is 29.5 Å². The number of ether oxygens (including phenoxy) is 2.